The molecule has 0 saturated heterocycles. The number of carbonyl (C=O) groups is 1. The van der Waals surface area contributed by atoms with Crippen LogP contribution < -0.4 is 11.1 Å². The Bertz CT molecular complexity index is 809. The molecule has 8 heteroatoms. The molecule has 1 aliphatic rings. The number of carbonyl (C=O) groups excluding carboxylic acids is 1. The summed E-state index contributed by atoms with van der Waals surface area (Å²) < 4.78 is 0. The number of aromatic nitrogens is 3. The minimum absolute atomic E-state index is 0.164. The van der Waals surface area contributed by atoms with Gasteiger partial charge in [-0.05, 0) is 31.4 Å². The zero-order valence-corrected chi connectivity index (χ0v) is 17.3. The molecule has 150 valence electrons. The summed E-state index contributed by atoms with van der Waals surface area (Å²) in [6.45, 7) is 2.01. The summed E-state index contributed by atoms with van der Waals surface area (Å²) in [5.74, 6) is 2.26. The molecule has 0 bridgehead atoms. The molecule has 3 N–H and O–H groups in total. The van der Waals surface area contributed by atoms with Crippen LogP contribution in [0.4, 0.5) is 17.6 Å². The molecule has 1 aromatic heterocycles. The van der Waals surface area contributed by atoms with Crippen LogP contribution in [0.1, 0.15) is 43.5 Å². The van der Waals surface area contributed by atoms with Crippen molar-refractivity contribution in [2.45, 2.75) is 50.8 Å². The third kappa shape index (κ3) is 5.58. The fourth-order valence-electron chi connectivity index (χ4n) is 3.40. The summed E-state index contributed by atoms with van der Waals surface area (Å²) in [6, 6.07) is 8.29. The van der Waals surface area contributed by atoms with E-state index < -0.39 is 0 Å². The third-order valence-corrected chi connectivity index (χ3v) is 5.98. The van der Waals surface area contributed by atoms with E-state index in [0.29, 0.717) is 29.3 Å². The van der Waals surface area contributed by atoms with Crippen molar-refractivity contribution in [1.82, 2.24) is 19.9 Å². The van der Waals surface area contributed by atoms with Crippen molar-refractivity contribution in [3.05, 3.63) is 35.7 Å². The Balaban J connectivity index is 1.55. The van der Waals surface area contributed by atoms with Gasteiger partial charge in [-0.3, -0.25) is 4.79 Å². The lowest BCUT2D eigenvalue weighted by Crippen LogP contribution is -2.39. The molecule has 0 aliphatic heterocycles. The minimum atomic E-state index is 0.164. The molecule has 1 heterocycles. The summed E-state index contributed by atoms with van der Waals surface area (Å²) in [5, 5.41) is 3.19. The Hall–Kier alpha value is -2.35. The van der Waals surface area contributed by atoms with Crippen molar-refractivity contribution >= 4 is 35.3 Å². The lowest BCUT2D eigenvalue weighted by atomic mass is 9.94. The summed E-state index contributed by atoms with van der Waals surface area (Å²) in [4.78, 5) is 27.2. The molecule has 0 radical (unpaired) electrons. The fraction of sp³-hybridized carbons (Fsp3) is 0.500. The number of benzene rings is 1. The Labute approximate surface area is 170 Å². The second-order valence-electron chi connectivity index (χ2n) is 7.16. The lowest BCUT2D eigenvalue weighted by molar-refractivity contribution is -0.129. The van der Waals surface area contributed by atoms with Gasteiger partial charge < -0.3 is 16.0 Å². The van der Waals surface area contributed by atoms with Gasteiger partial charge in [-0.15, -0.1) is 11.8 Å². The predicted molar refractivity (Wildman–Crippen MR) is 115 cm³/mol. The van der Waals surface area contributed by atoms with E-state index >= 15 is 0 Å². The molecule has 0 unspecified atom stereocenters. The van der Waals surface area contributed by atoms with Crippen LogP contribution in [0, 0.1) is 6.92 Å². The van der Waals surface area contributed by atoms with Crippen molar-refractivity contribution in [1.29, 1.82) is 0 Å². The number of amides is 1. The van der Waals surface area contributed by atoms with E-state index in [0.717, 1.165) is 24.1 Å². The number of thioether (sulfide) groups is 1. The van der Waals surface area contributed by atoms with Crippen LogP contribution >= 0.6 is 11.8 Å². The molecular weight excluding hydrogens is 372 g/mol. The first kappa shape index (κ1) is 20.4. The molecule has 7 nitrogen and oxygen atoms in total. The summed E-state index contributed by atoms with van der Waals surface area (Å²) in [7, 11) is 1.92. The van der Waals surface area contributed by atoms with Crippen molar-refractivity contribution in [3.8, 4) is 0 Å². The quantitative estimate of drug-likeness (QED) is 0.734. The van der Waals surface area contributed by atoms with Crippen molar-refractivity contribution in [2.75, 3.05) is 23.9 Å². The molecule has 0 atom stereocenters. The second-order valence-corrected chi connectivity index (χ2v) is 8.15. The topological polar surface area (TPSA) is 97.0 Å². The van der Waals surface area contributed by atoms with Gasteiger partial charge in [0.15, 0.2) is 0 Å². The van der Waals surface area contributed by atoms with E-state index in [1.54, 1.807) is 0 Å². The summed E-state index contributed by atoms with van der Waals surface area (Å²) in [5.41, 5.74) is 7.86. The Morgan fingerprint density at radius 1 is 1.21 bits per heavy atom. The molecule has 0 spiro atoms. The lowest BCUT2D eigenvalue weighted by Gasteiger charge is -2.31. The SMILES string of the molecule is Cc1ccccc1Nc1nc(N)nc(CSCC(=O)N(C)C2CCCCC2)n1. The standard InChI is InChI=1S/C20H28N6OS/c1-14-8-6-7-11-16(14)22-20-24-17(23-19(21)25-20)12-28-13-18(27)26(2)15-9-4-3-5-10-15/h6-8,11,15H,3-5,9-10,12-13H2,1-2H3,(H3,21,22,23,24,25). The normalized spacial score (nSPS) is 14.6. The molecule has 3 rings (SSSR count). The number of para-hydroxylation sites is 1. The van der Waals surface area contributed by atoms with E-state index in [4.69, 9.17) is 5.73 Å². The number of rotatable bonds is 7. The number of hydrogen-bond donors (Lipinski definition) is 2. The first-order valence-electron chi connectivity index (χ1n) is 9.69. The van der Waals surface area contributed by atoms with Crippen molar-refractivity contribution in [3.63, 3.8) is 0 Å². The largest absolute Gasteiger partial charge is 0.368 e. The van der Waals surface area contributed by atoms with Gasteiger partial charge in [0.05, 0.1) is 11.5 Å². The van der Waals surface area contributed by atoms with Crippen molar-refractivity contribution < 1.29 is 4.79 Å². The average molecular weight is 401 g/mol. The number of anilines is 3. The molecular formula is C20H28N6OS. The van der Waals surface area contributed by atoms with Crippen LogP contribution in [0.5, 0.6) is 0 Å². The minimum Gasteiger partial charge on any atom is -0.368 e. The number of hydrogen-bond acceptors (Lipinski definition) is 7. The van der Waals surface area contributed by atoms with Gasteiger partial charge in [-0.25, -0.2) is 0 Å². The van der Waals surface area contributed by atoms with E-state index in [1.807, 2.05) is 43.1 Å². The smallest absolute Gasteiger partial charge is 0.232 e. The highest BCUT2D eigenvalue weighted by Gasteiger charge is 2.21. The zero-order chi connectivity index (χ0) is 19.9. The van der Waals surface area contributed by atoms with Crippen LogP contribution in [-0.4, -0.2) is 44.6 Å². The monoisotopic (exact) mass is 400 g/mol. The third-order valence-electron chi connectivity index (χ3n) is 5.06. The van der Waals surface area contributed by atoms with Crippen LogP contribution in [0.2, 0.25) is 0 Å². The highest BCUT2D eigenvalue weighted by atomic mass is 32.2. The van der Waals surface area contributed by atoms with Gasteiger partial charge in [-0.1, -0.05) is 37.5 Å². The highest BCUT2D eigenvalue weighted by molar-refractivity contribution is 7.99. The van der Waals surface area contributed by atoms with Gasteiger partial charge in [0.1, 0.15) is 5.82 Å². The molecule has 28 heavy (non-hydrogen) atoms. The van der Waals surface area contributed by atoms with Gasteiger partial charge in [0, 0.05) is 18.8 Å². The number of aryl methyl sites for hydroxylation is 1. The number of nitrogen functional groups attached to an aromatic ring is 1. The fourth-order valence-corrected chi connectivity index (χ4v) is 4.19. The zero-order valence-electron chi connectivity index (χ0n) is 16.5. The number of nitrogens with one attached hydrogen (secondary N) is 1. The number of nitrogens with zero attached hydrogens (tertiary/aromatic N) is 4. The molecule has 1 aliphatic carbocycles. The summed E-state index contributed by atoms with van der Waals surface area (Å²) in [6.07, 6.45) is 5.95. The maximum atomic E-state index is 12.5. The van der Waals surface area contributed by atoms with E-state index in [9.17, 15) is 4.79 Å². The van der Waals surface area contributed by atoms with Gasteiger partial charge in [0.25, 0.3) is 0 Å². The van der Waals surface area contributed by atoms with E-state index in [2.05, 4.69) is 20.3 Å². The maximum absolute atomic E-state index is 12.5. The van der Waals surface area contributed by atoms with Crippen molar-refractivity contribution in [2.24, 2.45) is 0 Å². The van der Waals surface area contributed by atoms with Gasteiger partial charge in [-0.2, -0.15) is 15.0 Å². The Kier molecular flexibility index (Phi) is 7.08. The van der Waals surface area contributed by atoms with Crippen LogP contribution in [-0.2, 0) is 10.5 Å². The van der Waals surface area contributed by atoms with Gasteiger partial charge in [0.2, 0.25) is 17.8 Å². The Morgan fingerprint density at radius 3 is 2.71 bits per heavy atom. The molecule has 1 amide bonds. The van der Waals surface area contributed by atoms with Crippen LogP contribution in [0.15, 0.2) is 24.3 Å². The second kappa shape index (κ2) is 9.73. The predicted octanol–water partition coefficient (Wildman–Crippen LogP) is 3.53. The first-order valence-corrected chi connectivity index (χ1v) is 10.8. The Morgan fingerprint density at radius 2 is 1.96 bits per heavy atom. The molecule has 1 fully saturated rings. The highest BCUT2D eigenvalue weighted by Crippen LogP contribution is 2.23. The number of nitrogens with two attached hydrogens (primary N) is 1. The van der Waals surface area contributed by atoms with Gasteiger partial charge >= 0.3 is 0 Å². The molecule has 2 aromatic rings. The summed E-state index contributed by atoms with van der Waals surface area (Å²) >= 11 is 1.51. The van der Waals surface area contributed by atoms with Crippen LogP contribution in [0.25, 0.3) is 0 Å². The first-order chi connectivity index (χ1) is 13.5. The van der Waals surface area contributed by atoms with Crippen LogP contribution in [0.3, 0.4) is 0 Å². The average Bonchev–Trinajstić information content (AvgIpc) is 2.69. The van der Waals surface area contributed by atoms with E-state index in [1.165, 1.54) is 31.0 Å². The molecule has 1 aromatic carbocycles. The maximum Gasteiger partial charge on any atom is 0.232 e. The van der Waals surface area contributed by atoms with E-state index in [-0.39, 0.29) is 11.9 Å². The molecule has 1 saturated carbocycles.